The van der Waals surface area contributed by atoms with Gasteiger partial charge in [0.1, 0.15) is 0 Å². The van der Waals surface area contributed by atoms with E-state index in [1.807, 2.05) is 0 Å². The molecule has 0 saturated carbocycles. The summed E-state index contributed by atoms with van der Waals surface area (Å²) < 4.78 is 0. The Hall–Kier alpha value is -0.120. The summed E-state index contributed by atoms with van der Waals surface area (Å²) >= 11 is 0. The molecule has 0 spiro atoms. The molecular formula is C11H24N2O. The van der Waals surface area contributed by atoms with Crippen LogP contribution in [-0.2, 0) is 0 Å². The van der Waals surface area contributed by atoms with Gasteiger partial charge in [-0.25, -0.2) is 0 Å². The molecule has 1 aliphatic rings. The van der Waals surface area contributed by atoms with Crippen molar-refractivity contribution in [2.75, 3.05) is 32.8 Å². The van der Waals surface area contributed by atoms with Crippen molar-refractivity contribution in [1.82, 2.24) is 10.2 Å². The Morgan fingerprint density at radius 2 is 2.21 bits per heavy atom. The van der Waals surface area contributed by atoms with Crippen molar-refractivity contribution >= 4 is 0 Å². The highest BCUT2D eigenvalue weighted by Gasteiger charge is 2.15. The molecule has 0 radical (unpaired) electrons. The molecule has 0 aliphatic carbocycles. The molecule has 0 aromatic rings. The zero-order valence-corrected chi connectivity index (χ0v) is 9.34. The monoisotopic (exact) mass is 200 g/mol. The molecular weight excluding hydrogens is 176 g/mol. The van der Waals surface area contributed by atoms with E-state index in [0.29, 0.717) is 6.04 Å². The van der Waals surface area contributed by atoms with Crippen LogP contribution in [0.2, 0.25) is 0 Å². The first kappa shape index (κ1) is 12.0. The van der Waals surface area contributed by atoms with Crippen LogP contribution in [0.15, 0.2) is 0 Å². The molecule has 0 aromatic carbocycles. The maximum Gasteiger partial charge on any atom is 0.0558 e. The topological polar surface area (TPSA) is 35.5 Å². The number of nitrogens with zero attached hydrogens (tertiary/aromatic N) is 1. The lowest BCUT2D eigenvalue weighted by atomic mass is 10.0. The van der Waals surface area contributed by atoms with Crippen LogP contribution in [-0.4, -0.2) is 48.8 Å². The SMILES string of the molecule is CCCN(CCO)CC1CCCCN1. The van der Waals surface area contributed by atoms with Gasteiger partial charge < -0.3 is 10.4 Å². The summed E-state index contributed by atoms with van der Waals surface area (Å²) in [6.45, 7) is 6.69. The molecule has 3 heteroatoms. The summed E-state index contributed by atoms with van der Waals surface area (Å²) in [4.78, 5) is 2.36. The second-order valence-electron chi connectivity index (χ2n) is 4.17. The van der Waals surface area contributed by atoms with Crippen LogP contribution in [0.5, 0.6) is 0 Å². The van der Waals surface area contributed by atoms with Gasteiger partial charge in [0, 0.05) is 19.1 Å². The van der Waals surface area contributed by atoms with Crippen LogP contribution in [0.4, 0.5) is 0 Å². The van der Waals surface area contributed by atoms with Gasteiger partial charge in [0.05, 0.1) is 6.61 Å². The Bertz CT molecular complexity index is 129. The summed E-state index contributed by atoms with van der Waals surface area (Å²) in [7, 11) is 0. The number of piperidine rings is 1. The van der Waals surface area contributed by atoms with E-state index in [1.54, 1.807) is 0 Å². The van der Waals surface area contributed by atoms with Gasteiger partial charge in [0.2, 0.25) is 0 Å². The first-order chi connectivity index (χ1) is 6.86. The van der Waals surface area contributed by atoms with Crippen LogP contribution >= 0.6 is 0 Å². The zero-order chi connectivity index (χ0) is 10.2. The predicted molar refractivity (Wildman–Crippen MR) is 59.5 cm³/mol. The number of hydrogen-bond donors (Lipinski definition) is 2. The summed E-state index contributed by atoms with van der Waals surface area (Å²) in [5.74, 6) is 0. The number of aliphatic hydroxyl groups excluding tert-OH is 1. The van der Waals surface area contributed by atoms with E-state index >= 15 is 0 Å². The van der Waals surface area contributed by atoms with Crippen molar-refractivity contribution in [2.24, 2.45) is 0 Å². The Morgan fingerprint density at radius 1 is 1.36 bits per heavy atom. The Kier molecular flexibility index (Phi) is 6.15. The fraction of sp³-hybridized carbons (Fsp3) is 1.00. The smallest absolute Gasteiger partial charge is 0.0558 e. The van der Waals surface area contributed by atoms with Gasteiger partial charge in [-0.3, -0.25) is 4.90 Å². The van der Waals surface area contributed by atoms with Crippen molar-refractivity contribution in [2.45, 2.75) is 38.6 Å². The summed E-state index contributed by atoms with van der Waals surface area (Å²) in [5.41, 5.74) is 0. The van der Waals surface area contributed by atoms with Crippen molar-refractivity contribution in [3.63, 3.8) is 0 Å². The Balaban J connectivity index is 2.21. The lowest BCUT2D eigenvalue weighted by molar-refractivity contribution is 0.174. The molecule has 1 fully saturated rings. The van der Waals surface area contributed by atoms with Crippen molar-refractivity contribution in [3.8, 4) is 0 Å². The second kappa shape index (κ2) is 7.21. The van der Waals surface area contributed by atoms with E-state index in [-0.39, 0.29) is 6.61 Å². The van der Waals surface area contributed by atoms with Gasteiger partial charge in [-0.05, 0) is 32.4 Å². The molecule has 1 saturated heterocycles. The van der Waals surface area contributed by atoms with Gasteiger partial charge in [-0.15, -0.1) is 0 Å². The zero-order valence-electron chi connectivity index (χ0n) is 9.34. The van der Waals surface area contributed by atoms with Crippen LogP contribution in [0.1, 0.15) is 32.6 Å². The maximum absolute atomic E-state index is 8.93. The molecule has 1 aliphatic heterocycles. The molecule has 0 bridgehead atoms. The number of nitrogens with one attached hydrogen (secondary N) is 1. The van der Waals surface area contributed by atoms with Gasteiger partial charge in [-0.2, -0.15) is 0 Å². The third-order valence-electron chi connectivity index (χ3n) is 2.85. The summed E-state index contributed by atoms with van der Waals surface area (Å²) in [6.07, 6.45) is 5.15. The highest BCUT2D eigenvalue weighted by Crippen LogP contribution is 2.08. The molecule has 0 aromatic heterocycles. The van der Waals surface area contributed by atoms with Crippen molar-refractivity contribution in [3.05, 3.63) is 0 Å². The van der Waals surface area contributed by atoms with Crippen LogP contribution in [0, 0.1) is 0 Å². The number of hydrogen-bond acceptors (Lipinski definition) is 3. The van der Waals surface area contributed by atoms with Gasteiger partial charge in [0.25, 0.3) is 0 Å². The van der Waals surface area contributed by atoms with Crippen molar-refractivity contribution in [1.29, 1.82) is 0 Å². The first-order valence-corrected chi connectivity index (χ1v) is 5.93. The van der Waals surface area contributed by atoms with Crippen LogP contribution in [0.3, 0.4) is 0 Å². The van der Waals surface area contributed by atoms with E-state index in [0.717, 1.165) is 19.6 Å². The molecule has 1 unspecified atom stereocenters. The predicted octanol–water partition coefficient (Wildman–Crippen LogP) is 0.833. The second-order valence-corrected chi connectivity index (χ2v) is 4.17. The third-order valence-corrected chi connectivity index (χ3v) is 2.85. The highest BCUT2D eigenvalue weighted by atomic mass is 16.3. The number of rotatable bonds is 6. The largest absolute Gasteiger partial charge is 0.395 e. The molecule has 1 atom stereocenters. The minimum absolute atomic E-state index is 0.284. The molecule has 14 heavy (non-hydrogen) atoms. The Labute approximate surface area is 87.5 Å². The molecule has 1 rings (SSSR count). The fourth-order valence-corrected chi connectivity index (χ4v) is 2.14. The van der Waals surface area contributed by atoms with Crippen molar-refractivity contribution < 1.29 is 5.11 Å². The van der Waals surface area contributed by atoms with E-state index < -0.39 is 0 Å². The van der Waals surface area contributed by atoms with E-state index in [4.69, 9.17) is 5.11 Å². The minimum Gasteiger partial charge on any atom is -0.395 e. The van der Waals surface area contributed by atoms with Gasteiger partial charge in [-0.1, -0.05) is 13.3 Å². The fourth-order valence-electron chi connectivity index (χ4n) is 2.14. The highest BCUT2D eigenvalue weighted by molar-refractivity contribution is 4.75. The molecule has 1 heterocycles. The van der Waals surface area contributed by atoms with E-state index in [9.17, 15) is 0 Å². The summed E-state index contributed by atoms with van der Waals surface area (Å²) in [5, 5.41) is 12.5. The average molecular weight is 200 g/mol. The normalized spacial score (nSPS) is 22.9. The van der Waals surface area contributed by atoms with E-state index in [2.05, 4.69) is 17.1 Å². The van der Waals surface area contributed by atoms with Crippen LogP contribution in [0.25, 0.3) is 0 Å². The molecule has 3 nitrogen and oxygen atoms in total. The summed E-state index contributed by atoms with van der Waals surface area (Å²) in [6, 6.07) is 0.654. The lowest BCUT2D eigenvalue weighted by Gasteiger charge is -2.30. The standard InChI is InChI=1S/C11H24N2O/c1-2-7-13(8-9-14)10-11-5-3-4-6-12-11/h11-12,14H,2-10H2,1H3. The maximum atomic E-state index is 8.93. The minimum atomic E-state index is 0.284. The lowest BCUT2D eigenvalue weighted by Crippen LogP contribution is -2.44. The molecule has 84 valence electrons. The Morgan fingerprint density at radius 3 is 2.79 bits per heavy atom. The van der Waals surface area contributed by atoms with Gasteiger partial charge in [0.15, 0.2) is 0 Å². The quantitative estimate of drug-likeness (QED) is 0.667. The average Bonchev–Trinajstić information content (AvgIpc) is 2.20. The van der Waals surface area contributed by atoms with Crippen LogP contribution < -0.4 is 5.32 Å². The third kappa shape index (κ3) is 4.40. The van der Waals surface area contributed by atoms with E-state index in [1.165, 1.54) is 32.2 Å². The first-order valence-electron chi connectivity index (χ1n) is 5.93. The van der Waals surface area contributed by atoms with Gasteiger partial charge >= 0.3 is 0 Å². The number of aliphatic hydroxyl groups is 1. The molecule has 2 N–H and O–H groups in total. The molecule has 0 amide bonds.